The van der Waals surface area contributed by atoms with Crippen LogP contribution in [0.3, 0.4) is 0 Å². The minimum absolute atomic E-state index is 0.141. The van der Waals surface area contributed by atoms with E-state index in [2.05, 4.69) is 12.2 Å². The van der Waals surface area contributed by atoms with E-state index in [9.17, 15) is 4.79 Å². The highest BCUT2D eigenvalue weighted by Crippen LogP contribution is 2.24. The molecule has 3 heteroatoms. The van der Waals surface area contributed by atoms with Crippen LogP contribution in [0.2, 0.25) is 0 Å². The van der Waals surface area contributed by atoms with Crippen LogP contribution in [0.5, 0.6) is 0 Å². The van der Waals surface area contributed by atoms with Gasteiger partial charge in [-0.3, -0.25) is 4.79 Å². The molecule has 2 aromatic rings. The Kier molecular flexibility index (Phi) is 5.16. The lowest BCUT2D eigenvalue weighted by Crippen LogP contribution is -2.37. The summed E-state index contributed by atoms with van der Waals surface area (Å²) in [7, 11) is 0. The number of furan rings is 1. The molecule has 0 aliphatic heterocycles. The van der Waals surface area contributed by atoms with Gasteiger partial charge in [0.2, 0.25) is 5.91 Å². The lowest BCUT2D eigenvalue weighted by Gasteiger charge is -2.26. The van der Waals surface area contributed by atoms with Crippen LogP contribution in [0.1, 0.15) is 44.8 Å². The Morgan fingerprint density at radius 3 is 2.57 bits per heavy atom. The molecule has 1 saturated carbocycles. The zero-order valence-corrected chi connectivity index (χ0v) is 13.8. The monoisotopic (exact) mass is 311 g/mol. The molecule has 0 spiro atoms. The summed E-state index contributed by atoms with van der Waals surface area (Å²) >= 11 is 0. The van der Waals surface area contributed by atoms with Crippen molar-refractivity contribution < 1.29 is 9.21 Å². The van der Waals surface area contributed by atoms with Crippen LogP contribution in [-0.2, 0) is 11.2 Å². The smallest absolute Gasteiger partial charge is 0.220 e. The van der Waals surface area contributed by atoms with E-state index in [-0.39, 0.29) is 5.91 Å². The number of hydrogen-bond acceptors (Lipinski definition) is 2. The van der Waals surface area contributed by atoms with Gasteiger partial charge in [0.25, 0.3) is 0 Å². The fourth-order valence-electron chi connectivity index (χ4n) is 3.21. The van der Waals surface area contributed by atoms with Crippen molar-refractivity contribution in [3.63, 3.8) is 0 Å². The molecule has 3 rings (SSSR count). The van der Waals surface area contributed by atoms with E-state index >= 15 is 0 Å². The summed E-state index contributed by atoms with van der Waals surface area (Å²) < 4.78 is 5.84. The Hall–Kier alpha value is -2.03. The number of carbonyl (C=O) groups excluding carboxylic acids is 1. The molecule has 1 fully saturated rings. The second-order valence-corrected chi connectivity index (χ2v) is 6.66. The molecule has 122 valence electrons. The summed E-state index contributed by atoms with van der Waals surface area (Å²) in [5.74, 6) is 2.68. The Balaban J connectivity index is 1.47. The first-order valence-corrected chi connectivity index (χ1v) is 8.64. The SMILES string of the molecule is CC1CCC(NC(=O)CCc2ccc(-c3ccccc3)o2)CC1. The first-order valence-electron chi connectivity index (χ1n) is 8.64. The predicted molar refractivity (Wildman–Crippen MR) is 92.0 cm³/mol. The second kappa shape index (κ2) is 7.49. The van der Waals surface area contributed by atoms with Crippen LogP contribution in [-0.4, -0.2) is 11.9 Å². The van der Waals surface area contributed by atoms with Crippen molar-refractivity contribution in [1.82, 2.24) is 5.32 Å². The topological polar surface area (TPSA) is 42.2 Å². The van der Waals surface area contributed by atoms with Gasteiger partial charge in [0, 0.05) is 24.4 Å². The summed E-state index contributed by atoms with van der Waals surface area (Å²) in [4.78, 5) is 12.1. The second-order valence-electron chi connectivity index (χ2n) is 6.66. The average Bonchev–Trinajstić information content (AvgIpc) is 3.05. The average molecular weight is 311 g/mol. The van der Waals surface area contributed by atoms with E-state index in [0.717, 1.165) is 35.8 Å². The molecule has 3 nitrogen and oxygen atoms in total. The molecule has 1 heterocycles. The van der Waals surface area contributed by atoms with Gasteiger partial charge >= 0.3 is 0 Å². The highest BCUT2D eigenvalue weighted by atomic mass is 16.3. The van der Waals surface area contributed by atoms with Crippen molar-refractivity contribution in [2.45, 2.75) is 51.5 Å². The lowest BCUT2D eigenvalue weighted by atomic mass is 9.87. The Morgan fingerprint density at radius 2 is 1.83 bits per heavy atom. The summed E-state index contributed by atoms with van der Waals surface area (Å²) in [6.45, 7) is 2.29. The molecule has 0 atom stereocenters. The molecule has 0 bridgehead atoms. The largest absolute Gasteiger partial charge is 0.461 e. The summed E-state index contributed by atoms with van der Waals surface area (Å²) in [6.07, 6.45) is 5.83. The Bertz CT molecular complexity index is 624. The fourth-order valence-corrected chi connectivity index (χ4v) is 3.21. The van der Waals surface area contributed by atoms with Gasteiger partial charge in [-0.05, 0) is 43.7 Å². The molecule has 0 saturated heterocycles. The molecule has 0 radical (unpaired) electrons. The van der Waals surface area contributed by atoms with Gasteiger partial charge < -0.3 is 9.73 Å². The molecule has 0 unspecified atom stereocenters. The van der Waals surface area contributed by atoms with Crippen LogP contribution in [0.15, 0.2) is 46.9 Å². The number of amides is 1. The summed E-state index contributed by atoms with van der Waals surface area (Å²) in [6, 6.07) is 14.4. The van der Waals surface area contributed by atoms with Gasteiger partial charge in [-0.2, -0.15) is 0 Å². The molecule has 23 heavy (non-hydrogen) atoms. The van der Waals surface area contributed by atoms with Crippen molar-refractivity contribution in [3.8, 4) is 11.3 Å². The van der Waals surface area contributed by atoms with Crippen LogP contribution >= 0.6 is 0 Å². The minimum Gasteiger partial charge on any atom is -0.461 e. The number of aryl methyl sites for hydroxylation is 1. The molecular formula is C20H25NO2. The van der Waals surface area contributed by atoms with Crippen LogP contribution in [0.25, 0.3) is 11.3 Å². The third-order valence-electron chi connectivity index (χ3n) is 4.70. The van der Waals surface area contributed by atoms with Gasteiger partial charge in [0.05, 0.1) is 0 Å². The van der Waals surface area contributed by atoms with Gasteiger partial charge in [-0.25, -0.2) is 0 Å². The maximum Gasteiger partial charge on any atom is 0.220 e. The van der Waals surface area contributed by atoms with Gasteiger partial charge in [0.15, 0.2) is 0 Å². The van der Waals surface area contributed by atoms with Gasteiger partial charge in [0.1, 0.15) is 11.5 Å². The van der Waals surface area contributed by atoms with E-state index in [4.69, 9.17) is 4.42 Å². The molecule has 1 aliphatic carbocycles. The standard InChI is InChI=1S/C20H25NO2/c1-15-7-9-17(10-8-15)21-20(22)14-12-18-11-13-19(23-18)16-5-3-2-4-6-16/h2-6,11,13,15,17H,7-10,12,14H2,1H3,(H,21,22). The number of carbonyl (C=O) groups is 1. The lowest BCUT2D eigenvalue weighted by molar-refractivity contribution is -0.122. The predicted octanol–water partition coefficient (Wildman–Crippen LogP) is 4.57. The van der Waals surface area contributed by atoms with E-state index in [0.29, 0.717) is 18.9 Å². The Labute approximate surface area is 138 Å². The first kappa shape index (κ1) is 15.9. The molecule has 1 amide bonds. The van der Waals surface area contributed by atoms with Crippen molar-refractivity contribution in [2.24, 2.45) is 5.92 Å². The van der Waals surface area contributed by atoms with E-state index < -0.39 is 0 Å². The van der Waals surface area contributed by atoms with Gasteiger partial charge in [-0.15, -0.1) is 0 Å². The Morgan fingerprint density at radius 1 is 1.09 bits per heavy atom. The minimum atomic E-state index is 0.141. The molecular weight excluding hydrogens is 286 g/mol. The van der Waals surface area contributed by atoms with Gasteiger partial charge in [-0.1, -0.05) is 37.3 Å². The van der Waals surface area contributed by atoms with Crippen LogP contribution < -0.4 is 5.32 Å². The molecule has 1 aliphatic rings. The molecule has 1 aromatic carbocycles. The van der Waals surface area contributed by atoms with Crippen molar-refractivity contribution in [1.29, 1.82) is 0 Å². The van der Waals surface area contributed by atoms with Crippen LogP contribution in [0.4, 0.5) is 0 Å². The third kappa shape index (κ3) is 4.47. The van der Waals surface area contributed by atoms with Crippen molar-refractivity contribution in [3.05, 3.63) is 48.2 Å². The number of nitrogens with one attached hydrogen (secondary N) is 1. The molecule has 1 aromatic heterocycles. The quantitative estimate of drug-likeness (QED) is 0.878. The highest BCUT2D eigenvalue weighted by Gasteiger charge is 2.19. The third-order valence-corrected chi connectivity index (χ3v) is 4.70. The first-order chi connectivity index (χ1) is 11.2. The maximum absolute atomic E-state index is 12.1. The normalized spacial score (nSPS) is 21.1. The molecule has 1 N–H and O–H groups in total. The maximum atomic E-state index is 12.1. The summed E-state index contributed by atoms with van der Waals surface area (Å²) in [5.41, 5.74) is 1.07. The summed E-state index contributed by atoms with van der Waals surface area (Å²) in [5, 5.41) is 3.17. The fraction of sp³-hybridized carbons (Fsp3) is 0.450. The van der Waals surface area contributed by atoms with E-state index in [1.165, 1.54) is 12.8 Å². The zero-order chi connectivity index (χ0) is 16.1. The zero-order valence-electron chi connectivity index (χ0n) is 13.8. The van der Waals surface area contributed by atoms with Crippen LogP contribution in [0, 0.1) is 5.92 Å². The highest BCUT2D eigenvalue weighted by molar-refractivity contribution is 5.76. The number of benzene rings is 1. The van der Waals surface area contributed by atoms with Crippen molar-refractivity contribution in [2.75, 3.05) is 0 Å². The number of rotatable bonds is 5. The van der Waals surface area contributed by atoms with E-state index in [1.807, 2.05) is 42.5 Å². The number of hydrogen-bond donors (Lipinski definition) is 1. The van der Waals surface area contributed by atoms with E-state index in [1.54, 1.807) is 0 Å². The van der Waals surface area contributed by atoms with Crippen molar-refractivity contribution >= 4 is 5.91 Å².